The van der Waals surface area contributed by atoms with Gasteiger partial charge in [0.05, 0.1) is 0 Å². The summed E-state index contributed by atoms with van der Waals surface area (Å²) in [5.41, 5.74) is 3.90. The van der Waals surface area contributed by atoms with Gasteiger partial charge in [0.1, 0.15) is 0 Å². The van der Waals surface area contributed by atoms with Gasteiger partial charge in [-0.3, -0.25) is 4.99 Å². The molecule has 19 heavy (non-hydrogen) atoms. The molecule has 3 rings (SSSR count). The van der Waals surface area contributed by atoms with Gasteiger partial charge in [0.2, 0.25) is 0 Å². The van der Waals surface area contributed by atoms with Crippen LogP contribution in [0.15, 0.2) is 29.3 Å². The van der Waals surface area contributed by atoms with Crippen LogP contribution in [-0.2, 0) is 7.05 Å². The van der Waals surface area contributed by atoms with Gasteiger partial charge in [0, 0.05) is 41.5 Å². The molecule has 0 unspecified atom stereocenters. The van der Waals surface area contributed by atoms with Gasteiger partial charge in [-0.2, -0.15) is 0 Å². The molecule has 2 nitrogen and oxygen atoms in total. The zero-order valence-electron chi connectivity index (χ0n) is 11.9. The summed E-state index contributed by atoms with van der Waals surface area (Å²) in [6.45, 7) is 2.18. The van der Waals surface area contributed by atoms with E-state index >= 15 is 0 Å². The van der Waals surface area contributed by atoms with E-state index in [4.69, 9.17) is 4.99 Å². The highest BCUT2D eigenvalue weighted by Crippen LogP contribution is 2.24. The molecule has 1 aliphatic carbocycles. The first-order valence-electron chi connectivity index (χ1n) is 7.34. The summed E-state index contributed by atoms with van der Waals surface area (Å²) >= 11 is 0. The number of fused-ring (bicyclic) bond motifs is 1. The number of benzene rings is 1. The first-order valence-corrected chi connectivity index (χ1v) is 7.34. The average molecular weight is 254 g/mol. The van der Waals surface area contributed by atoms with E-state index in [1.54, 1.807) is 0 Å². The third-order valence-corrected chi connectivity index (χ3v) is 4.44. The lowest BCUT2D eigenvalue weighted by Crippen LogP contribution is -2.09. The summed E-state index contributed by atoms with van der Waals surface area (Å²) in [7, 11) is 2.13. The highest BCUT2D eigenvalue weighted by Gasteiger charge is 2.13. The Morgan fingerprint density at radius 1 is 1.16 bits per heavy atom. The maximum Gasteiger partial charge on any atom is 0.0499 e. The summed E-state index contributed by atoms with van der Waals surface area (Å²) in [4.78, 5) is 4.84. The van der Waals surface area contributed by atoms with Gasteiger partial charge in [-0.15, -0.1) is 0 Å². The van der Waals surface area contributed by atoms with Crippen LogP contribution in [-0.4, -0.2) is 16.8 Å². The Balaban J connectivity index is 1.96. The minimum atomic E-state index is 0.548. The average Bonchev–Trinajstić information content (AvgIpc) is 2.71. The number of nitrogens with zero attached hydrogens (tertiary/aromatic N) is 2. The number of aryl methyl sites for hydroxylation is 1. The van der Waals surface area contributed by atoms with Crippen molar-refractivity contribution in [2.45, 2.75) is 45.1 Å². The zero-order valence-corrected chi connectivity index (χ0v) is 11.9. The molecule has 1 aliphatic rings. The predicted molar refractivity (Wildman–Crippen MR) is 82.1 cm³/mol. The molecule has 1 fully saturated rings. The highest BCUT2D eigenvalue weighted by atomic mass is 14.9. The van der Waals surface area contributed by atoms with E-state index in [-0.39, 0.29) is 0 Å². The van der Waals surface area contributed by atoms with Gasteiger partial charge < -0.3 is 4.57 Å². The Morgan fingerprint density at radius 3 is 2.68 bits per heavy atom. The van der Waals surface area contributed by atoms with Crippen LogP contribution in [0.4, 0.5) is 0 Å². The molecular weight excluding hydrogens is 232 g/mol. The quantitative estimate of drug-likeness (QED) is 0.713. The summed E-state index contributed by atoms with van der Waals surface area (Å²) in [5, 5.41) is 1.32. The Kier molecular flexibility index (Phi) is 3.41. The summed E-state index contributed by atoms with van der Waals surface area (Å²) in [6.07, 6.45) is 8.72. The molecule has 0 N–H and O–H groups in total. The van der Waals surface area contributed by atoms with Crippen LogP contribution in [0.2, 0.25) is 0 Å². The number of aromatic nitrogens is 1. The van der Waals surface area contributed by atoms with E-state index in [1.165, 1.54) is 54.3 Å². The first kappa shape index (κ1) is 12.5. The second-order valence-electron chi connectivity index (χ2n) is 5.65. The van der Waals surface area contributed by atoms with Gasteiger partial charge in [0.15, 0.2) is 0 Å². The molecule has 0 amide bonds. The van der Waals surface area contributed by atoms with Crippen LogP contribution in [0, 0.1) is 6.92 Å². The molecule has 0 atom stereocenters. The van der Waals surface area contributed by atoms with Crippen LogP contribution in [0.3, 0.4) is 0 Å². The van der Waals surface area contributed by atoms with E-state index in [0.717, 1.165) is 0 Å². The van der Waals surface area contributed by atoms with Crippen LogP contribution >= 0.6 is 0 Å². The molecule has 1 aromatic heterocycles. The second-order valence-corrected chi connectivity index (χ2v) is 5.65. The smallest absolute Gasteiger partial charge is 0.0499 e. The molecule has 0 radical (unpaired) electrons. The SMILES string of the molecule is Cc1c(C=NC2CCCCC2)c2ccccc2n1C. The Hall–Kier alpha value is -1.57. The maximum atomic E-state index is 4.84. The lowest BCUT2D eigenvalue weighted by molar-refractivity contribution is 0.444. The minimum absolute atomic E-state index is 0.548. The molecule has 1 heterocycles. The summed E-state index contributed by atoms with van der Waals surface area (Å²) < 4.78 is 2.26. The van der Waals surface area contributed by atoms with Crippen molar-refractivity contribution >= 4 is 17.1 Å². The van der Waals surface area contributed by atoms with Gasteiger partial charge in [-0.25, -0.2) is 0 Å². The number of para-hydroxylation sites is 1. The first-order chi connectivity index (χ1) is 9.27. The summed E-state index contributed by atoms with van der Waals surface area (Å²) in [5.74, 6) is 0. The van der Waals surface area contributed by atoms with Crippen LogP contribution in [0.1, 0.15) is 43.4 Å². The third kappa shape index (κ3) is 2.32. The lowest BCUT2D eigenvalue weighted by atomic mass is 9.96. The fraction of sp³-hybridized carbons (Fsp3) is 0.471. The Morgan fingerprint density at radius 2 is 1.89 bits per heavy atom. The van der Waals surface area contributed by atoms with Crippen molar-refractivity contribution in [3.8, 4) is 0 Å². The maximum absolute atomic E-state index is 4.84. The molecule has 1 aromatic carbocycles. The molecule has 0 saturated heterocycles. The normalized spacial score (nSPS) is 17.6. The van der Waals surface area contributed by atoms with Crippen molar-refractivity contribution in [1.82, 2.24) is 4.57 Å². The molecule has 0 spiro atoms. The van der Waals surface area contributed by atoms with Crippen molar-refractivity contribution in [3.63, 3.8) is 0 Å². The van der Waals surface area contributed by atoms with Gasteiger partial charge in [-0.05, 0) is 25.8 Å². The molecular formula is C17H22N2. The number of hydrogen-bond acceptors (Lipinski definition) is 1. The third-order valence-electron chi connectivity index (χ3n) is 4.44. The molecule has 0 bridgehead atoms. The van der Waals surface area contributed by atoms with E-state index in [0.29, 0.717) is 6.04 Å². The molecule has 2 aromatic rings. The Labute approximate surface area is 115 Å². The minimum Gasteiger partial charge on any atom is -0.347 e. The standard InChI is InChI=1S/C17H22N2/c1-13-16(12-18-14-8-4-3-5-9-14)15-10-6-7-11-17(15)19(13)2/h6-7,10-12,14H,3-5,8-9H2,1-2H3. The van der Waals surface area contributed by atoms with Crippen LogP contribution in [0.5, 0.6) is 0 Å². The van der Waals surface area contributed by atoms with E-state index < -0.39 is 0 Å². The number of rotatable bonds is 2. The predicted octanol–water partition coefficient (Wildman–Crippen LogP) is 4.24. The highest BCUT2D eigenvalue weighted by molar-refractivity contribution is 6.01. The van der Waals surface area contributed by atoms with E-state index in [2.05, 4.69) is 49.0 Å². The van der Waals surface area contributed by atoms with Crippen molar-refractivity contribution < 1.29 is 0 Å². The van der Waals surface area contributed by atoms with Crippen molar-refractivity contribution in [2.75, 3.05) is 0 Å². The molecule has 100 valence electrons. The van der Waals surface area contributed by atoms with Gasteiger partial charge >= 0.3 is 0 Å². The second kappa shape index (κ2) is 5.20. The fourth-order valence-corrected chi connectivity index (χ4v) is 3.12. The van der Waals surface area contributed by atoms with Crippen molar-refractivity contribution in [2.24, 2.45) is 12.0 Å². The topological polar surface area (TPSA) is 17.3 Å². The lowest BCUT2D eigenvalue weighted by Gasteiger charge is -2.17. The van der Waals surface area contributed by atoms with Crippen molar-refractivity contribution in [3.05, 3.63) is 35.5 Å². The summed E-state index contributed by atoms with van der Waals surface area (Å²) in [6, 6.07) is 9.14. The van der Waals surface area contributed by atoms with Crippen molar-refractivity contribution in [1.29, 1.82) is 0 Å². The molecule has 2 heteroatoms. The van der Waals surface area contributed by atoms with Crippen LogP contribution in [0.25, 0.3) is 10.9 Å². The fourth-order valence-electron chi connectivity index (χ4n) is 3.12. The Bertz CT molecular complexity index is 601. The van der Waals surface area contributed by atoms with Gasteiger partial charge in [-0.1, -0.05) is 37.5 Å². The van der Waals surface area contributed by atoms with Gasteiger partial charge in [0.25, 0.3) is 0 Å². The number of hydrogen-bond donors (Lipinski definition) is 0. The van der Waals surface area contributed by atoms with E-state index in [9.17, 15) is 0 Å². The molecule has 0 aliphatic heterocycles. The number of aliphatic imine (C=N–C) groups is 1. The van der Waals surface area contributed by atoms with Crippen LogP contribution < -0.4 is 0 Å². The molecule has 1 saturated carbocycles. The van der Waals surface area contributed by atoms with E-state index in [1.807, 2.05) is 0 Å². The monoisotopic (exact) mass is 254 g/mol. The zero-order chi connectivity index (χ0) is 13.2. The largest absolute Gasteiger partial charge is 0.347 e.